The molecule has 0 saturated carbocycles. The van der Waals surface area contributed by atoms with Gasteiger partial charge in [0.25, 0.3) is 17.1 Å². The fraction of sp³-hybridized carbons (Fsp3) is 0.357. The zero-order chi connectivity index (χ0) is 27.8. The number of esters is 1. The molecule has 1 N–H and O–H groups in total. The molecule has 0 bridgehead atoms. The summed E-state index contributed by atoms with van der Waals surface area (Å²) >= 11 is 0.745. The fourth-order valence-electron chi connectivity index (χ4n) is 3.60. The average Bonchev–Trinajstić information content (AvgIpc) is 3.14. The van der Waals surface area contributed by atoms with Crippen molar-refractivity contribution in [1.82, 2.24) is 4.90 Å². The molecule has 9 nitrogen and oxygen atoms in total. The smallest absolute Gasteiger partial charge is 0.326 e. The number of methoxy groups -OCH3 is 1. The van der Waals surface area contributed by atoms with Crippen molar-refractivity contribution in [1.29, 1.82) is 0 Å². The van der Waals surface area contributed by atoms with E-state index >= 15 is 0 Å². The molecule has 3 amide bonds. The maximum Gasteiger partial charge on any atom is 0.326 e. The van der Waals surface area contributed by atoms with Crippen LogP contribution in [0.15, 0.2) is 47.4 Å². The summed E-state index contributed by atoms with van der Waals surface area (Å²) in [6, 6.07) is 12.5. The molecule has 3 rings (SSSR count). The molecule has 38 heavy (non-hydrogen) atoms. The monoisotopic (exact) mass is 540 g/mol. The highest BCUT2D eigenvalue weighted by Crippen LogP contribution is 2.34. The highest BCUT2D eigenvalue weighted by molar-refractivity contribution is 8.18. The maximum atomic E-state index is 12.7. The molecule has 0 aliphatic carbocycles. The van der Waals surface area contributed by atoms with E-state index in [4.69, 9.17) is 14.2 Å². The molecule has 1 heterocycles. The summed E-state index contributed by atoms with van der Waals surface area (Å²) in [6.07, 6.45) is 1.87. The Morgan fingerprint density at radius 2 is 1.82 bits per heavy atom. The third kappa shape index (κ3) is 7.38. The van der Waals surface area contributed by atoms with Gasteiger partial charge in [0.2, 0.25) is 0 Å². The molecule has 1 saturated heterocycles. The lowest BCUT2D eigenvalue weighted by atomic mass is 10.0. The predicted octanol–water partition coefficient (Wildman–Crippen LogP) is 5.21. The number of hydrogen-bond donors (Lipinski definition) is 1. The zero-order valence-corrected chi connectivity index (χ0v) is 22.9. The summed E-state index contributed by atoms with van der Waals surface area (Å²) in [5.41, 5.74) is 2.34. The lowest BCUT2D eigenvalue weighted by Gasteiger charge is -2.15. The first-order chi connectivity index (χ1) is 18.1. The quantitative estimate of drug-likeness (QED) is 0.305. The molecule has 1 fully saturated rings. The van der Waals surface area contributed by atoms with E-state index in [9.17, 15) is 19.2 Å². The number of nitrogens with zero attached hydrogens (tertiary/aromatic N) is 1. The minimum atomic E-state index is -0.636. The molecule has 2 aromatic carbocycles. The number of amides is 3. The van der Waals surface area contributed by atoms with E-state index in [1.807, 2.05) is 31.2 Å². The molecule has 202 valence electrons. The fourth-order valence-corrected chi connectivity index (χ4v) is 4.44. The van der Waals surface area contributed by atoms with Crippen LogP contribution in [-0.2, 0) is 19.1 Å². The van der Waals surface area contributed by atoms with Crippen LogP contribution in [-0.4, -0.2) is 54.3 Å². The van der Waals surface area contributed by atoms with Crippen LogP contribution in [0.2, 0.25) is 0 Å². The number of thioether (sulfide) groups is 1. The Labute approximate surface area is 226 Å². The molecular formula is C28H32N2O7S. The Morgan fingerprint density at radius 3 is 2.50 bits per heavy atom. The number of anilines is 1. The number of rotatable bonds is 11. The largest absolute Gasteiger partial charge is 0.493 e. The van der Waals surface area contributed by atoms with Crippen LogP contribution >= 0.6 is 11.8 Å². The lowest BCUT2D eigenvalue weighted by Crippen LogP contribution is -2.35. The zero-order valence-electron chi connectivity index (χ0n) is 22.1. The van der Waals surface area contributed by atoms with Crippen molar-refractivity contribution in [2.45, 2.75) is 46.1 Å². The van der Waals surface area contributed by atoms with Gasteiger partial charge in [0, 0.05) is 5.69 Å². The second-order valence-corrected chi connectivity index (χ2v) is 9.96. The standard InChI is InChI=1S/C28H32N2O7S/c1-6-18(4)37-26(32)15-30-27(33)24(38-28(30)34)14-19-11-12-22(23(13-19)35-5)36-16-25(31)29-21-10-8-7-9-20(21)17(2)3/h7-14,17-18H,6,15-16H2,1-5H3,(H,29,31)/b24-14-/t18-/m1/s1. The number of nitrogens with one attached hydrogen (secondary N) is 1. The average molecular weight is 541 g/mol. The van der Waals surface area contributed by atoms with Gasteiger partial charge in [0.1, 0.15) is 6.54 Å². The van der Waals surface area contributed by atoms with E-state index in [2.05, 4.69) is 19.2 Å². The van der Waals surface area contributed by atoms with Crippen LogP contribution in [0.1, 0.15) is 51.2 Å². The Kier molecular flexibility index (Phi) is 9.95. The van der Waals surface area contributed by atoms with Gasteiger partial charge in [0.05, 0.1) is 18.1 Å². The predicted molar refractivity (Wildman–Crippen MR) is 146 cm³/mol. The molecular weight excluding hydrogens is 508 g/mol. The number of imide groups is 1. The summed E-state index contributed by atoms with van der Waals surface area (Å²) in [5.74, 6) is -0.574. The van der Waals surface area contributed by atoms with Gasteiger partial charge in [-0.1, -0.05) is 45.0 Å². The minimum Gasteiger partial charge on any atom is -0.493 e. The minimum absolute atomic E-state index is 0.172. The first-order valence-corrected chi connectivity index (χ1v) is 13.1. The summed E-state index contributed by atoms with van der Waals surface area (Å²) in [7, 11) is 1.46. The SMILES string of the molecule is CC[C@@H](C)OC(=O)CN1C(=O)S/C(=C\c2ccc(OCC(=O)Nc3ccccc3C(C)C)c(OC)c2)C1=O. The van der Waals surface area contributed by atoms with Gasteiger partial charge in [-0.05, 0) is 66.4 Å². The third-order valence-corrected chi connectivity index (χ3v) is 6.68. The Hall–Kier alpha value is -3.79. The maximum absolute atomic E-state index is 12.7. The molecule has 0 spiro atoms. The van der Waals surface area contributed by atoms with Gasteiger partial charge >= 0.3 is 5.97 Å². The highest BCUT2D eigenvalue weighted by Gasteiger charge is 2.37. The normalized spacial score (nSPS) is 15.1. The highest BCUT2D eigenvalue weighted by atomic mass is 32.2. The topological polar surface area (TPSA) is 111 Å². The van der Waals surface area contributed by atoms with Gasteiger partial charge in [-0.2, -0.15) is 0 Å². The van der Waals surface area contributed by atoms with Gasteiger partial charge in [-0.3, -0.25) is 24.1 Å². The van der Waals surface area contributed by atoms with Crippen molar-refractivity contribution in [2.75, 3.05) is 25.6 Å². The Bertz CT molecular complexity index is 1240. The molecule has 0 radical (unpaired) electrons. The number of carbonyl (C=O) groups excluding carboxylic acids is 4. The number of hydrogen-bond acceptors (Lipinski definition) is 8. The number of benzene rings is 2. The Balaban J connectivity index is 1.65. The number of carbonyl (C=O) groups is 4. The second-order valence-electron chi connectivity index (χ2n) is 8.97. The van der Waals surface area contributed by atoms with E-state index in [1.54, 1.807) is 25.1 Å². The van der Waals surface area contributed by atoms with Crippen molar-refractivity contribution >= 4 is 46.5 Å². The molecule has 1 aliphatic rings. The second kappa shape index (κ2) is 13.1. The van der Waals surface area contributed by atoms with Crippen LogP contribution < -0.4 is 14.8 Å². The Morgan fingerprint density at radius 1 is 1.08 bits per heavy atom. The van der Waals surface area contributed by atoms with Crippen molar-refractivity contribution in [3.63, 3.8) is 0 Å². The summed E-state index contributed by atoms with van der Waals surface area (Å²) in [6.45, 7) is 7.05. The van der Waals surface area contributed by atoms with Crippen LogP contribution in [0.25, 0.3) is 6.08 Å². The van der Waals surface area contributed by atoms with Gasteiger partial charge in [-0.15, -0.1) is 0 Å². The van der Waals surface area contributed by atoms with Crippen LogP contribution in [0.4, 0.5) is 10.5 Å². The van der Waals surface area contributed by atoms with Gasteiger partial charge in [-0.25, -0.2) is 0 Å². The van der Waals surface area contributed by atoms with Gasteiger partial charge < -0.3 is 19.5 Å². The van der Waals surface area contributed by atoms with E-state index in [-0.39, 0.29) is 29.4 Å². The van der Waals surface area contributed by atoms with E-state index in [1.165, 1.54) is 13.2 Å². The summed E-state index contributed by atoms with van der Waals surface area (Å²) in [4.78, 5) is 50.7. The first kappa shape index (κ1) is 28.8. The summed E-state index contributed by atoms with van der Waals surface area (Å²) in [5, 5.41) is 2.33. The van der Waals surface area contributed by atoms with Crippen LogP contribution in [0.5, 0.6) is 11.5 Å². The molecule has 10 heteroatoms. The first-order valence-electron chi connectivity index (χ1n) is 12.3. The summed E-state index contributed by atoms with van der Waals surface area (Å²) < 4.78 is 16.3. The van der Waals surface area contributed by atoms with Crippen molar-refractivity contribution in [2.24, 2.45) is 0 Å². The molecule has 2 aromatic rings. The van der Waals surface area contributed by atoms with E-state index in [0.717, 1.165) is 27.9 Å². The number of para-hydroxylation sites is 1. The van der Waals surface area contributed by atoms with Crippen LogP contribution in [0.3, 0.4) is 0 Å². The van der Waals surface area contributed by atoms with E-state index in [0.29, 0.717) is 23.5 Å². The van der Waals surface area contributed by atoms with Crippen molar-refractivity contribution < 1.29 is 33.4 Å². The lowest BCUT2D eigenvalue weighted by molar-refractivity contribution is -0.150. The van der Waals surface area contributed by atoms with Crippen molar-refractivity contribution in [3.05, 3.63) is 58.5 Å². The molecule has 0 aromatic heterocycles. The molecule has 0 unspecified atom stereocenters. The molecule has 1 atom stereocenters. The van der Waals surface area contributed by atoms with Crippen LogP contribution in [0, 0.1) is 0 Å². The van der Waals surface area contributed by atoms with E-state index < -0.39 is 23.7 Å². The third-order valence-electron chi connectivity index (χ3n) is 5.77. The van der Waals surface area contributed by atoms with Gasteiger partial charge in [0.15, 0.2) is 18.1 Å². The molecule has 1 aliphatic heterocycles. The van der Waals surface area contributed by atoms with Crippen molar-refractivity contribution in [3.8, 4) is 11.5 Å². The number of ether oxygens (including phenoxy) is 3.